The van der Waals surface area contributed by atoms with Crippen LogP contribution in [0.1, 0.15) is 32.9 Å². The molecule has 0 aliphatic heterocycles. The van der Waals surface area contributed by atoms with E-state index in [1.807, 2.05) is 6.07 Å². The summed E-state index contributed by atoms with van der Waals surface area (Å²) in [6.45, 7) is 0.622. The Bertz CT molecular complexity index is 1940. The normalized spacial score (nSPS) is 11.4. The van der Waals surface area contributed by atoms with E-state index < -0.39 is 28.8 Å². The van der Waals surface area contributed by atoms with Crippen molar-refractivity contribution in [3.05, 3.63) is 112 Å². The number of aromatic nitrogens is 3. The average Bonchev–Trinajstić information content (AvgIpc) is 3.33. The van der Waals surface area contributed by atoms with E-state index >= 15 is 8.78 Å². The van der Waals surface area contributed by atoms with Crippen LogP contribution in [0.5, 0.6) is 5.88 Å². The number of halogens is 3. The topological polar surface area (TPSA) is 110 Å². The number of nitriles is 1. The van der Waals surface area contributed by atoms with Gasteiger partial charge in [0.1, 0.15) is 23.3 Å². The first-order chi connectivity index (χ1) is 21.0. The molecule has 0 radical (unpaired) electrons. The molecule has 2 heterocycles. The second-order valence-electron chi connectivity index (χ2n) is 10.6. The molecule has 0 bridgehead atoms. The molecule has 3 aromatic carbocycles. The van der Waals surface area contributed by atoms with Crippen LogP contribution in [-0.4, -0.2) is 55.0 Å². The fraction of sp³-hybridized carbons (Fsp3) is 0.161. The maximum atomic E-state index is 15.5. The van der Waals surface area contributed by atoms with Gasteiger partial charge >= 0.3 is 5.97 Å². The van der Waals surface area contributed by atoms with E-state index in [1.54, 1.807) is 32.4 Å². The molecule has 220 valence electrons. The number of aromatic carboxylic acids is 1. The second kappa shape index (κ2) is 12.3. The van der Waals surface area contributed by atoms with E-state index in [4.69, 9.17) is 14.7 Å². The van der Waals surface area contributed by atoms with Crippen LogP contribution in [-0.2, 0) is 23.1 Å². The fourth-order valence-electron chi connectivity index (χ4n) is 4.97. The number of methoxy groups -OCH3 is 1. The highest BCUT2D eigenvalue weighted by Crippen LogP contribution is 2.30. The lowest BCUT2D eigenvalue weighted by atomic mass is 9.61. The SMILES string of the molecule is BC(B)(Oc1cccc(-c2cc(F)c(Cc3nc4ccc(C(=O)O)cc4n3CCOC)cc2F)n1)c1ccc(C#N)cc1F. The molecule has 5 rings (SSSR count). The number of ether oxygens (including phenoxy) is 2. The first kappa shape index (κ1) is 30.4. The standard InChI is InChI=1S/C31H25B2F3N4O4/c1-43-10-9-40-27-13-18(30(41)42)6-8-26(27)38-28(40)14-19-12-23(35)20(15-22(19)34)25-3-2-4-29(39-25)44-31(32,33)21-7-5-17(16-37)11-24(21)36/h2-8,11-13,15H,9-10,14,32-33H2,1H3,(H,41,42). The van der Waals surface area contributed by atoms with Crippen LogP contribution in [0, 0.1) is 28.8 Å². The third kappa shape index (κ3) is 6.16. The van der Waals surface area contributed by atoms with Gasteiger partial charge in [-0.25, -0.2) is 27.9 Å². The molecule has 13 heteroatoms. The Morgan fingerprint density at radius 1 is 1.02 bits per heavy atom. The van der Waals surface area contributed by atoms with Gasteiger partial charge in [0.25, 0.3) is 0 Å². The lowest BCUT2D eigenvalue weighted by Crippen LogP contribution is -2.35. The summed E-state index contributed by atoms with van der Waals surface area (Å²) in [5.41, 5.74) is 1.55. The first-order valence-corrected chi connectivity index (χ1v) is 13.6. The van der Waals surface area contributed by atoms with Crippen LogP contribution in [0.2, 0.25) is 0 Å². The minimum absolute atomic E-state index is 0.0449. The molecule has 0 aliphatic carbocycles. The molecule has 0 atom stereocenters. The van der Waals surface area contributed by atoms with Crippen molar-refractivity contribution < 1.29 is 32.5 Å². The quantitative estimate of drug-likeness (QED) is 0.245. The number of carboxylic acids is 1. The molecular formula is C31H25B2F3N4O4. The van der Waals surface area contributed by atoms with Crippen LogP contribution < -0.4 is 4.74 Å². The van der Waals surface area contributed by atoms with Crippen molar-refractivity contribution in [1.29, 1.82) is 5.26 Å². The Morgan fingerprint density at radius 3 is 2.52 bits per heavy atom. The Balaban J connectivity index is 1.44. The number of pyridine rings is 1. The van der Waals surface area contributed by atoms with Crippen molar-refractivity contribution in [3.8, 4) is 23.2 Å². The zero-order valence-electron chi connectivity index (χ0n) is 24.1. The summed E-state index contributed by atoms with van der Waals surface area (Å²) in [5.74, 6) is -2.65. The predicted molar refractivity (Wildman–Crippen MR) is 161 cm³/mol. The van der Waals surface area contributed by atoms with Gasteiger partial charge in [-0.3, -0.25) is 0 Å². The molecule has 0 saturated heterocycles. The average molecular weight is 596 g/mol. The molecule has 1 N–H and O–H groups in total. The highest BCUT2D eigenvalue weighted by atomic mass is 19.1. The highest BCUT2D eigenvalue weighted by Gasteiger charge is 2.27. The first-order valence-electron chi connectivity index (χ1n) is 13.6. The molecule has 0 unspecified atom stereocenters. The molecule has 0 spiro atoms. The summed E-state index contributed by atoms with van der Waals surface area (Å²) < 4.78 is 58.5. The van der Waals surface area contributed by atoms with Gasteiger partial charge in [0, 0.05) is 37.3 Å². The Kier molecular flexibility index (Phi) is 8.47. The Labute approximate surface area is 252 Å². The number of carboxylic acid groups (broad SMARTS) is 1. The molecule has 2 aromatic heterocycles. The van der Waals surface area contributed by atoms with Crippen LogP contribution >= 0.6 is 0 Å². The van der Waals surface area contributed by atoms with Crippen LogP contribution in [0.25, 0.3) is 22.3 Å². The van der Waals surface area contributed by atoms with E-state index in [1.165, 1.54) is 43.5 Å². The summed E-state index contributed by atoms with van der Waals surface area (Å²) in [6, 6.07) is 17.2. The maximum absolute atomic E-state index is 15.5. The summed E-state index contributed by atoms with van der Waals surface area (Å²) in [4.78, 5) is 20.4. The predicted octanol–water partition coefficient (Wildman–Crippen LogP) is 3.78. The van der Waals surface area contributed by atoms with Crippen LogP contribution in [0.4, 0.5) is 13.2 Å². The molecule has 0 fully saturated rings. The lowest BCUT2D eigenvalue weighted by molar-refractivity contribution is 0.0697. The number of fused-ring (bicyclic) bond motifs is 1. The van der Waals surface area contributed by atoms with Crippen molar-refractivity contribution in [1.82, 2.24) is 14.5 Å². The van der Waals surface area contributed by atoms with Gasteiger partial charge in [0.15, 0.2) is 15.7 Å². The largest absolute Gasteiger partial charge is 0.485 e. The van der Waals surface area contributed by atoms with Gasteiger partial charge in [-0.15, -0.1) is 0 Å². The van der Waals surface area contributed by atoms with E-state index in [-0.39, 0.29) is 45.8 Å². The van der Waals surface area contributed by atoms with Gasteiger partial charge < -0.3 is 19.1 Å². The summed E-state index contributed by atoms with van der Waals surface area (Å²) in [5, 5.41) is 17.2. The summed E-state index contributed by atoms with van der Waals surface area (Å²) in [6.07, 6.45) is -0.0647. The van der Waals surface area contributed by atoms with E-state index in [0.29, 0.717) is 30.0 Å². The molecule has 0 saturated carbocycles. The molecular weight excluding hydrogens is 571 g/mol. The van der Waals surface area contributed by atoms with E-state index in [2.05, 4.69) is 9.97 Å². The van der Waals surface area contributed by atoms with Crippen LogP contribution in [0.15, 0.2) is 66.7 Å². The second-order valence-corrected chi connectivity index (χ2v) is 10.6. The van der Waals surface area contributed by atoms with Gasteiger partial charge in [-0.2, -0.15) is 5.26 Å². The van der Waals surface area contributed by atoms with Crippen molar-refractivity contribution in [2.45, 2.75) is 18.4 Å². The van der Waals surface area contributed by atoms with Crippen molar-refractivity contribution in [2.24, 2.45) is 0 Å². The number of hydrogen-bond donors (Lipinski definition) is 1. The molecule has 5 aromatic rings. The lowest BCUT2D eigenvalue weighted by Gasteiger charge is -2.27. The van der Waals surface area contributed by atoms with Crippen molar-refractivity contribution in [3.63, 3.8) is 0 Å². The number of carbonyl (C=O) groups is 1. The summed E-state index contributed by atoms with van der Waals surface area (Å²) >= 11 is 0. The summed E-state index contributed by atoms with van der Waals surface area (Å²) in [7, 11) is 4.78. The Hall–Kier alpha value is -5.08. The number of rotatable bonds is 10. The van der Waals surface area contributed by atoms with Crippen molar-refractivity contribution >= 4 is 32.7 Å². The zero-order valence-corrected chi connectivity index (χ0v) is 24.1. The van der Waals surface area contributed by atoms with Gasteiger partial charge in [0.2, 0.25) is 5.88 Å². The Morgan fingerprint density at radius 2 is 1.82 bits per heavy atom. The van der Waals surface area contributed by atoms with E-state index in [9.17, 15) is 14.3 Å². The minimum Gasteiger partial charge on any atom is -0.485 e. The molecule has 0 amide bonds. The number of nitrogens with zero attached hydrogens (tertiary/aromatic N) is 4. The van der Waals surface area contributed by atoms with Gasteiger partial charge in [-0.1, -0.05) is 12.1 Å². The molecule has 44 heavy (non-hydrogen) atoms. The van der Waals surface area contributed by atoms with E-state index in [0.717, 1.165) is 18.2 Å². The number of hydrogen-bond acceptors (Lipinski definition) is 6. The third-order valence-electron chi connectivity index (χ3n) is 7.18. The molecule has 0 aliphatic rings. The van der Waals surface area contributed by atoms with Gasteiger partial charge in [-0.05, 0) is 54.1 Å². The third-order valence-corrected chi connectivity index (χ3v) is 7.18. The monoisotopic (exact) mass is 596 g/mol. The number of benzene rings is 3. The zero-order chi connectivity index (χ0) is 31.6. The maximum Gasteiger partial charge on any atom is 0.335 e. The van der Waals surface area contributed by atoms with Gasteiger partial charge in [0.05, 0.1) is 45.9 Å². The van der Waals surface area contributed by atoms with Crippen LogP contribution in [0.3, 0.4) is 0 Å². The smallest absolute Gasteiger partial charge is 0.335 e. The number of imidazole rings is 1. The van der Waals surface area contributed by atoms with Crippen molar-refractivity contribution in [2.75, 3.05) is 13.7 Å². The fourth-order valence-corrected chi connectivity index (χ4v) is 4.97. The highest BCUT2D eigenvalue weighted by molar-refractivity contribution is 6.39. The minimum atomic E-state index is -1.20. The molecule has 8 nitrogen and oxygen atoms in total.